The van der Waals surface area contributed by atoms with Crippen LogP contribution in [0, 0.1) is 18.6 Å². The fraction of sp³-hybridized carbons (Fsp3) is 0.235. The molecule has 1 atom stereocenters. The van der Waals surface area contributed by atoms with E-state index in [2.05, 4.69) is 5.32 Å². The van der Waals surface area contributed by atoms with E-state index in [-0.39, 0.29) is 18.7 Å². The van der Waals surface area contributed by atoms with Crippen LogP contribution < -0.4 is 10.1 Å². The second kappa shape index (κ2) is 7.69. The van der Waals surface area contributed by atoms with Gasteiger partial charge in [-0.25, -0.2) is 8.78 Å². The van der Waals surface area contributed by atoms with Crippen LogP contribution in [0.15, 0.2) is 42.5 Å². The molecule has 0 fully saturated rings. The SMILES string of the molecule is Cc1cccc(OCC(O)CNC(=O)c2cc(F)cc(F)c2)c1. The number of carbonyl (C=O) groups is 1. The van der Waals surface area contributed by atoms with E-state index in [0.29, 0.717) is 11.8 Å². The molecule has 2 N–H and O–H groups in total. The molecule has 0 spiro atoms. The highest BCUT2D eigenvalue weighted by atomic mass is 19.1. The Morgan fingerprint density at radius 1 is 1.22 bits per heavy atom. The van der Waals surface area contributed by atoms with Crippen molar-refractivity contribution < 1.29 is 23.4 Å². The Hall–Kier alpha value is -2.47. The van der Waals surface area contributed by atoms with Gasteiger partial charge in [-0.2, -0.15) is 0 Å². The summed E-state index contributed by atoms with van der Waals surface area (Å²) >= 11 is 0. The van der Waals surface area contributed by atoms with E-state index in [1.165, 1.54) is 0 Å². The Balaban J connectivity index is 1.81. The number of amides is 1. The number of halogens is 2. The van der Waals surface area contributed by atoms with E-state index >= 15 is 0 Å². The Kier molecular flexibility index (Phi) is 5.65. The van der Waals surface area contributed by atoms with Gasteiger partial charge in [0, 0.05) is 18.2 Å². The predicted molar refractivity (Wildman–Crippen MR) is 81.4 cm³/mol. The fourth-order valence-corrected chi connectivity index (χ4v) is 1.95. The van der Waals surface area contributed by atoms with Crippen LogP contribution in [0.25, 0.3) is 0 Å². The van der Waals surface area contributed by atoms with Gasteiger partial charge in [-0.1, -0.05) is 12.1 Å². The van der Waals surface area contributed by atoms with Crippen LogP contribution in [0.3, 0.4) is 0 Å². The Morgan fingerprint density at radius 3 is 2.57 bits per heavy atom. The lowest BCUT2D eigenvalue weighted by Crippen LogP contribution is -2.35. The molecular formula is C17H17F2NO3. The number of carbonyl (C=O) groups excluding carboxylic acids is 1. The van der Waals surface area contributed by atoms with Crippen molar-refractivity contribution in [2.24, 2.45) is 0 Å². The molecule has 23 heavy (non-hydrogen) atoms. The molecule has 122 valence electrons. The maximum Gasteiger partial charge on any atom is 0.251 e. The lowest BCUT2D eigenvalue weighted by atomic mass is 10.2. The van der Waals surface area contributed by atoms with Crippen molar-refractivity contribution >= 4 is 5.91 Å². The van der Waals surface area contributed by atoms with Crippen LogP contribution in [-0.2, 0) is 0 Å². The molecular weight excluding hydrogens is 304 g/mol. The van der Waals surface area contributed by atoms with E-state index in [1.807, 2.05) is 25.1 Å². The minimum Gasteiger partial charge on any atom is -0.491 e. The largest absolute Gasteiger partial charge is 0.491 e. The summed E-state index contributed by atoms with van der Waals surface area (Å²) in [6, 6.07) is 9.86. The van der Waals surface area contributed by atoms with Crippen LogP contribution in [0.4, 0.5) is 8.78 Å². The standard InChI is InChI=1S/C17H17F2NO3/c1-11-3-2-4-16(5-11)23-10-15(21)9-20-17(22)12-6-13(18)8-14(19)7-12/h2-8,15,21H,9-10H2,1H3,(H,20,22). The lowest BCUT2D eigenvalue weighted by Gasteiger charge is -2.13. The first kappa shape index (κ1) is 16.9. The number of rotatable bonds is 6. The van der Waals surface area contributed by atoms with E-state index in [0.717, 1.165) is 17.7 Å². The molecule has 0 aliphatic rings. The van der Waals surface area contributed by atoms with Crippen molar-refractivity contribution in [1.29, 1.82) is 0 Å². The second-order valence-corrected chi connectivity index (χ2v) is 5.15. The van der Waals surface area contributed by atoms with Crippen molar-refractivity contribution in [2.75, 3.05) is 13.2 Å². The van der Waals surface area contributed by atoms with Crippen molar-refractivity contribution in [2.45, 2.75) is 13.0 Å². The lowest BCUT2D eigenvalue weighted by molar-refractivity contribution is 0.0843. The van der Waals surface area contributed by atoms with E-state index in [9.17, 15) is 18.7 Å². The molecule has 2 rings (SSSR count). The topological polar surface area (TPSA) is 58.6 Å². The molecule has 0 radical (unpaired) electrons. The average molecular weight is 321 g/mol. The highest BCUT2D eigenvalue weighted by Gasteiger charge is 2.12. The van der Waals surface area contributed by atoms with E-state index in [1.54, 1.807) is 6.07 Å². The van der Waals surface area contributed by atoms with Crippen molar-refractivity contribution in [3.05, 3.63) is 65.2 Å². The minimum atomic E-state index is -0.946. The third-order valence-electron chi connectivity index (χ3n) is 3.05. The van der Waals surface area contributed by atoms with Gasteiger partial charge in [0.1, 0.15) is 30.1 Å². The summed E-state index contributed by atoms with van der Waals surface area (Å²) in [5, 5.41) is 12.2. The summed E-state index contributed by atoms with van der Waals surface area (Å²) in [5.41, 5.74) is 0.882. The zero-order chi connectivity index (χ0) is 16.8. The first-order valence-corrected chi connectivity index (χ1v) is 7.06. The Bertz CT molecular complexity index is 671. The minimum absolute atomic E-state index is 0.0127. The van der Waals surface area contributed by atoms with Crippen LogP contribution in [0.5, 0.6) is 5.75 Å². The summed E-state index contributed by atoms with van der Waals surface area (Å²) in [6.45, 7) is 1.81. The number of nitrogens with one attached hydrogen (secondary N) is 1. The summed E-state index contributed by atoms with van der Waals surface area (Å²) in [6.07, 6.45) is -0.946. The first-order chi connectivity index (χ1) is 10.9. The quantitative estimate of drug-likeness (QED) is 0.859. The molecule has 2 aromatic carbocycles. The van der Waals surface area contributed by atoms with Gasteiger partial charge in [-0.15, -0.1) is 0 Å². The van der Waals surface area contributed by atoms with Crippen LogP contribution >= 0.6 is 0 Å². The van der Waals surface area contributed by atoms with Gasteiger partial charge in [0.25, 0.3) is 5.91 Å². The first-order valence-electron chi connectivity index (χ1n) is 7.06. The molecule has 0 heterocycles. The highest BCUT2D eigenvalue weighted by molar-refractivity contribution is 5.94. The van der Waals surface area contributed by atoms with Crippen molar-refractivity contribution in [3.8, 4) is 5.75 Å². The molecule has 6 heteroatoms. The molecule has 0 aliphatic carbocycles. The predicted octanol–water partition coefficient (Wildman–Crippen LogP) is 2.44. The number of aryl methyl sites for hydroxylation is 1. The van der Waals surface area contributed by atoms with Gasteiger partial charge in [-0.3, -0.25) is 4.79 Å². The van der Waals surface area contributed by atoms with Crippen LogP contribution in [-0.4, -0.2) is 30.3 Å². The monoisotopic (exact) mass is 321 g/mol. The zero-order valence-corrected chi connectivity index (χ0v) is 12.6. The fourth-order valence-electron chi connectivity index (χ4n) is 1.95. The molecule has 0 aromatic heterocycles. The van der Waals surface area contributed by atoms with Crippen LogP contribution in [0.2, 0.25) is 0 Å². The number of ether oxygens (including phenoxy) is 1. The van der Waals surface area contributed by atoms with Gasteiger partial charge >= 0.3 is 0 Å². The molecule has 1 unspecified atom stereocenters. The van der Waals surface area contributed by atoms with Gasteiger partial charge in [0.05, 0.1) is 0 Å². The molecule has 0 saturated heterocycles. The molecule has 0 bridgehead atoms. The van der Waals surface area contributed by atoms with E-state index in [4.69, 9.17) is 4.74 Å². The summed E-state index contributed by atoms with van der Waals surface area (Å²) < 4.78 is 31.5. The number of hydrogen-bond donors (Lipinski definition) is 2. The smallest absolute Gasteiger partial charge is 0.251 e. The zero-order valence-electron chi connectivity index (χ0n) is 12.6. The normalized spacial score (nSPS) is 11.8. The highest BCUT2D eigenvalue weighted by Crippen LogP contribution is 2.12. The summed E-state index contributed by atoms with van der Waals surface area (Å²) in [5.74, 6) is -1.72. The number of hydrogen-bond acceptors (Lipinski definition) is 3. The molecule has 1 amide bonds. The van der Waals surface area contributed by atoms with Crippen LogP contribution in [0.1, 0.15) is 15.9 Å². The van der Waals surface area contributed by atoms with Gasteiger partial charge < -0.3 is 15.2 Å². The average Bonchev–Trinajstić information content (AvgIpc) is 2.49. The molecule has 0 saturated carbocycles. The van der Waals surface area contributed by atoms with Crippen molar-refractivity contribution in [3.63, 3.8) is 0 Å². The number of aliphatic hydroxyl groups excluding tert-OH is 1. The maximum absolute atomic E-state index is 13.0. The maximum atomic E-state index is 13.0. The number of aliphatic hydroxyl groups is 1. The summed E-state index contributed by atoms with van der Waals surface area (Å²) in [4.78, 5) is 11.8. The molecule has 4 nitrogen and oxygen atoms in total. The Labute approximate surface area is 132 Å². The van der Waals surface area contributed by atoms with E-state index < -0.39 is 23.6 Å². The second-order valence-electron chi connectivity index (χ2n) is 5.15. The third kappa shape index (κ3) is 5.34. The van der Waals surface area contributed by atoms with Crippen molar-refractivity contribution in [1.82, 2.24) is 5.32 Å². The Morgan fingerprint density at radius 2 is 1.91 bits per heavy atom. The molecule has 2 aromatic rings. The third-order valence-corrected chi connectivity index (χ3v) is 3.05. The van der Waals surface area contributed by atoms with Gasteiger partial charge in [0.2, 0.25) is 0 Å². The summed E-state index contributed by atoms with van der Waals surface area (Å²) in [7, 11) is 0. The molecule has 0 aliphatic heterocycles. The van der Waals surface area contributed by atoms with Gasteiger partial charge in [-0.05, 0) is 36.8 Å². The number of benzene rings is 2. The van der Waals surface area contributed by atoms with Gasteiger partial charge in [0.15, 0.2) is 0 Å².